The van der Waals surface area contributed by atoms with Crippen molar-refractivity contribution in [2.75, 3.05) is 5.32 Å². The molecule has 2 aromatic rings. The Morgan fingerprint density at radius 3 is 2.58 bits per heavy atom. The number of aryl methyl sites for hydroxylation is 1. The third-order valence-electron chi connectivity index (χ3n) is 2.30. The number of halogens is 2. The Balaban J connectivity index is 2.28. The topological polar surface area (TPSA) is 75.1 Å². The lowest BCUT2D eigenvalue weighted by atomic mass is 10.2. The number of nitrogens with zero attached hydrogens (tertiary/aromatic N) is 2. The van der Waals surface area contributed by atoms with Crippen LogP contribution in [0.5, 0.6) is 0 Å². The fraction of sp³-hybridized carbons (Fsp3) is 0.0909. The van der Waals surface area contributed by atoms with Gasteiger partial charge >= 0.3 is 6.08 Å². The maximum Gasteiger partial charge on any atom is 0.313 e. The molecule has 0 spiro atoms. The first-order valence-corrected chi connectivity index (χ1v) is 6.25. The molecule has 0 aliphatic heterocycles. The van der Waals surface area contributed by atoms with Crippen molar-refractivity contribution in [3.8, 4) is 0 Å². The van der Waals surface area contributed by atoms with E-state index < -0.39 is 23.1 Å². The van der Waals surface area contributed by atoms with Crippen molar-refractivity contribution in [3.05, 3.63) is 41.9 Å². The van der Waals surface area contributed by atoms with Gasteiger partial charge in [-0.2, -0.15) is 18.7 Å². The first-order valence-electron chi connectivity index (χ1n) is 5.14. The molecular formula is C11H9F2N3O2S. The van der Waals surface area contributed by atoms with E-state index in [4.69, 9.17) is 4.55 Å². The van der Waals surface area contributed by atoms with Crippen LogP contribution in [-0.4, -0.2) is 18.7 Å². The maximum absolute atomic E-state index is 12.9. The second-order valence-electron chi connectivity index (χ2n) is 3.70. The Labute approximate surface area is 110 Å². The van der Waals surface area contributed by atoms with Crippen molar-refractivity contribution in [1.82, 2.24) is 9.97 Å². The minimum absolute atomic E-state index is 0.0396. The quantitative estimate of drug-likeness (QED) is 0.514. The number of benzene rings is 1. The summed E-state index contributed by atoms with van der Waals surface area (Å²) < 4.78 is 45.6. The van der Waals surface area contributed by atoms with E-state index in [9.17, 15) is 13.0 Å². The first-order chi connectivity index (χ1) is 8.95. The number of anilines is 2. The van der Waals surface area contributed by atoms with Crippen molar-refractivity contribution in [1.29, 1.82) is 0 Å². The molecule has 1 atom stereocenters. The normalized spacial score (nSPS) is 12.2. The van der Waals surface area contributed by atoms with Crippen molar-refractivity contribution in [2.24, 2.45) is 0 Å². The Morgan fingerprint density at radius 2 is 2.00 bits per heavy atom. The van der Waals surface area contributed by atoms with Gasteiger partial charge in [0.15, 0.2) is 11.1 Å². The van der Waals surface area contributed by atoms with Crippen molar-refractivity contribution < 1.29 is 17.5 Å². The molecule has 1 aromatic carbocycles. The molecule has 1 unspecified atom stereocenters. The molecule has 0 aliphatic carbocycles. The highest BCUT2D eigenvalue weighted by Gasteiger charge is 2.07. The molecule has 0 fully saturated rings. The maximum atomic E-state index is 12.9. The predicted octanol–water partition coefficient (Wildman–Crippen LogP) is 2.39. The summed E-state index contributed by atoms with van der Waals surface area (Å²) >= 11 is -2.08. The molecule has 8 heteroatoms. The number of hydrogen-bond donors (Lipinski definition) is 2. The van der Waals surface area contributed by atoms with Gasteiger partial charge in [-0.3, -0.25) is 0 Å². The van der Waals surface area contributed by atoms with Crippen LogP contribution in [0, 0.1) is 18.9 Å². The van der Waals surface area contributed by atoms with Crippen molar-refractivity contribution >= 4 is 22.6 Å². The second kappa shape index (κ2) is 5.37. The molecule has 0 amide bonds. The third kappa shape index (κ3) is 3.30. The van der Waals surface area contributed by atoms with Crippen LogP contribution in [0.2, 0.25) is 0 Å². The van der Waals surface area contributed by atoms with Gasteiger partial charge in [0.2, 0.25) is 5.95 Å². The monoisotopic (exact) mass is 285 g/mol. The van der Waals surface area contributed by atoms with E-state index in [1.165, 1.54) is 12.1 Å². The van der Waals surface area contributed by atoms with Crippen LogP contribution in [-0.2, 0) is 11.1 Å². The molecule has 0 radical (unpaired) electrons. The van der Waals surface area contributed by atoms with E-state index in [2.05, 4.69) is 15.3 Å². The summed E-state index contributed by atoms with van der Waals surface area (Å²) in [5.41, 5.74) is 1.06. The summed E-state index contributed by atoms with van der Waals surface area (Å²) in [6.07, 6.45) is -1.17. The summed E-state index contributed by atoms with van der Waals surface area (Å²) in [4.78, 5) is 6.52. The van der Waals surface area contributed by atoms with E-state index in [1.807, 2.05) is 0 Å². The van der Waals surface area contributed by atoms with Gasteiger partial charge in [0, 0.05) is 11.8 Å². The SMILES string of the molecule is Cc1cc(Nc2cc(F)nc(F)n2)ccc1S(=O)O. The highest BCUT2D eigenvalue weighted by atomic mass is 32.2. The molecule has 1 aromatic heterocycles. The van der Waals surface area contributed by atoms with E-state index >= 15 is 0 Å². The van der Waals surface area contributed by atoms with Crippen molar-refractivity contribution in [2.45, 2.75) is 11.8 Å². The Hall–Kier alpha value is -1.93. The molecule has 100 valence electrons. The summed E-state index contributed by atoms with van der Waals surface area (Å²) in [7, 11) is 0. The second-order valence-corrected chi connectivity index (χ2v) is 4.64. The summed E-state index contributed by atoms with van der Waals surface area (Å²) in [6, 6.07) is 5.47. The molecule has 0 aliphatic rings. The zero-order valence-corrected chi connectivity index (χ0v) is 10.5. The first kappa shape index (κ1) is 13.5. The molecule has 0 bridgehead atoms. The molecular weight excluding hydrogens is 276 g/mol. The average Bonchev–Trinajstić information content (AvgIpc) is 2.26. The van der Waals surface area contributed by atoms with Crippen LogP contribution < -0.4 is 5.32 Å². The van der Waals surface area contributed by atoms with Gasteiger partial charge in [0.25, 0.3) is 0 Å². The number of nitrogens with one attached hydrogen (secondary N) is 1. The van der Waals surface area contributed by atoms with Crippen LogP contribution in [0.15, 0.2) is 29.2 Å². The standard InChI is InChI=1S/C11H9F2N3O2S/c1-6-4-7(2-3-8(6)19(17)18)14-10-5-9(12)15-11(13)16-10/h2-5H,1H3,(H,17,18)(H,14,15,16). The zero-order chi connectivity index (χ0) is 14.0. The van der Waals surface area contributed by atoms with Crippen LogP contribution in [0.3, 0.4) is 0 Å². The van der Waals surface area contributed by atoms with Gasteiger partial charge in [-0.05, 0) is 30.7 Å². The molecule has 2 rings (SSSR count). The van der Waals surface area contributed by atoms with Crippen LogP contribution in [0.4, 0.5) is 20.3 Å². The molecule has 1 heterocycles. The Kier molecular flexibility index (Phi) is 3.82. The lowest BCUT2D eigenvalue weighted by Gasteiger charge is -2.08. The van der Waals surface area contributed by atoms with Crippen LogP contribution in [0.25, 0.3) is 0 Å². The number of rotatable bonds is 3. The summed E-state index contributed by atoms with van der Waals surface area (Å²) in [6.45, 7) is 1.65. The fourth-order valence-corrected chi connectivity index (χ4v) is 2.04. The predicted molar refractivity (Wildman–Crippen MR) is 65.4 cm³/mol. The highest BCUT2D eigenvalue weighted by molar-refractivity contribution is 7.79. The minimum atomic E-state index is -2.08. The van der Waals surface area contributed by atoms with Gasteiger partial charge in [-0.15, -0.1) is 0 Å². The van der Waals surface area contributed by atoms with Gasteiger partial charge in [0.05, 0.1) is 4.90 Å². The molecule has 5 nitrogen and oxygen atoms in total. The van der Waals surface area contributed by atoms with Gasteiger partial charge in [-0.1, -0.05) is 0 Å². The summed E-state index contributed by atoms with van der Waals surface area (Å²) in [5.74, 6) is -1.03. The van der Waals surface area contributed by atoms with Crippen LogP contribution in [0.1, 0.15) is 5.56 Å². The Morgan fingerprint density at radius 1 is 1.26 bits per heavy atom. The van der Waals surface area contributed by atoms with E-state index in [0.717, 1.165) is 6.07 Å². The highest BCUT2D eigenvalue weighted by Crippen LogP contribution is 2.20. The zero-order valence-electron chi connectivity index (χ0n) is 9.72. The number of hydrogen-bond acceptors (Lipinski definition) is 4. The lowest BCUT2D eigenvalue weighted by molar-refractivity contribution is 0.485. The van der Waals surface area contributed by atoms with Gasteiger partial charge < -0.3 is 9.87 Å². The van der Waals surface area contributed by atoms with Crippen molar-refractivity contribution in [3.63, 3.8) is 0 Å². The molecule has 19 heavy (non-hydrogen) atoms. The summed E-state index contributed by atoms with van der Waals surface area (Å²) in [5, 5.41) is 2.68. The number of aromatic nitrogens is 2. The largest absolute Gasteiger partial charge is 0.340 e. The van der Waals surface area contributed by atoms with Crippen LogP contribution >= 0.6 is 0 Å². The van der Waals surface area contributed by atoms with Gasteiger partial charge in [0.1, 0.15) is 5.82 Å². The van der Waals surface area contributed by atoms with E-state index in [1.54, 1.807) is 13.0 Å². The molecule has 0 saturated carbocycles. The molecule has 0 saturated heterocycles. The Bertz CT molecular complexity index is 632. The molecule has 2 N–H and O–H groups in total. The lowest BCUT2D eigenvalue weighted by Crippen LogP contribution is -2.01. The smallest absolute Gasteiger partial charge is 0.313 e. The van der Waals surface area contributed by atoms with E-state index in [0.29, 0.717) is 11.3 Å². The minimum Gasteiger partial charge on any atom is -0.340 e. The van der Waals surface area contributed by atoms with E-state index in [-0.39, 0.29) is 10.7 Å². The third-order valence-corrected chi connectivity index (χ3v) is 3.14. The fourth-order valence-electron chi connectivity index (χ4n) is 1.52. The average molecular weight is 285 g/mol. The van der Waals surface area contributed by atoms with Gasteiger partial charge in [-0.25, -0.2) is 4.21 Å².